The first kappa shape index (κ1) is 11.9. The second kappa shape index (κ2) is 4.87. The summed E-state index contributed by atoms with van der Waals surface area (Å²) in [6.07, 6.45) is 8.42. The average Bonchev–Trinajstić information content (AvgIpc) is 3.00. The molecule has 2 N–H and O–H groups in total. The van der Waals surface area contributed by atoms with Crippen molar-refractivity contribution in [3.8, 4) is 0 Å². The molecule has 0 aromatic rings. The summed E-state index contributed by atoms with van der Waals surface area (Å²) in [5.41, 5.74) is 6.41. The van der Waals surface area contributed by atoms with E-state index in [1.807, 2.05) is 0 Å². The van der Waals surface area contributed by atoms with Crippen LogP contribution in [0.2, 0.25) is 0 Å². The zero-order valence-electron chi connectivity index (χ0n) is 11.0. The van der Waals surface area contributed by atoms with Gasteiger partial charge in [-0.05, 0) is 63.7 Å². The van der Waals surface area contributed by atoms with Gasteiger partial charge in [-0.15, -0.1) is 0 Å². The predicted molar refractivity (Wildman–Crippen MR) is 71.0 cm³/mol. The maximum atomic E-state index is 5.89. The number of nitrogens with two attached hydrogens (primary N) is 1. The molecule has 17 heavy (non-hydrogen) atoms. The minimum absolute atomic E-state index is 0.525. The van der Waals surface area contributed by atoms with Crippen LogP contribution in [0.15, 0.2) is 0 Å². The third-order valence-corrected chi connectivity index (χ3v) is 5.10. The summed E-state index contributed by atoms with van der Waals surface area (Å²) < 4.78 is 0. The summed E-state index contributed by atoms with van der Waals surface area (Å²) in [6, 6.07) is 0.851. The summed E-state index contributed by atoms with van der Waals surface area (Å²) >= 11 is 0. The number of likely N-dealkylation sites (tertiary alicyclic amines) is 2. The molecular weight excluding hydrogens is 210 g/mol. The molecule has 2 saturated heterocycles. The van der Waals surface area contributed by atoms with Gasteiger partial charge in [-0.25, -0.2) is 0 Å². The SMILES string of the molecule is NCC1(CN2CCC(N3CCCCC3)C2)CC1. The first-order chi connectivity index (χ1) is 8.31. The van der Waals surface area contributed by atoms with Crippen molar-refractivity contribution in [2.45, 2.75) is 44.6 Å². The lowest BCUT2D eigenvalue weighted by Gasteiger charge is -2.32. The van der Waals surface area contributed by atoms with Crippen LogP contribution in [0.5, 0.6) is 0 Å². The lowest BCUT2D eigenvalue weighted by Crippen LogP contribution is -2.41. The van der Waals surface area contributed by atoms with Crippen LogP contribution in [0, 0.1) is 5.41 Å². The fourth-order valence-corrected chi connectivity index (χ4v) is 3.62. The molecule has 0 spiro atoms. The molecule has 3 nitrogen and oxygen atoms in total. The Morgan fingerprint density at radius 1 is 1.06 bits per heavy atom. The first-order valence-electron chi connectivity index (χ1n) is 7.48. The minimum Gasteiger partial charge on any atom is -0.330 e. The van der Waals surface area contributed by atoms with Crippen molar-refractivity contribution in [2.75, 3.05) is 39.3 Å². The van der Waals surface area contributed by atoms with Gasteiger partial charge in [0.1, 0.15) is 0 Å². The predicted octanol–water partition coefficient (Wildman–Crippen LogP) is 1.29. The van der Waals surface area contributed by atoms with E-state index in [0.717, 1.165) is 12.6 Å². The molecule has 0 amide bonds. The lowest BCUT2D eigenvalue weighted by atomic mass is 10.1. The van der Waals surface area contributed by atoms with Gasteiger partial charge in [0, 0.05) is 19.1 Å². The molecule has 2 heterocycles. The third kappa shape index (κ3) is 2.67. The van der Waals surface area contributed by atoms with Gasteiger partial charge in [0.05, 0.1) is 0 Å². The number of hydrogen-bond acceptors (Lipinski definition) is 3. The van der Waals surface area contributed by atoms with Crippen molar-refractivity contribution in [3.63, 3.8) is 0 Å². The molecule has 2 aliphatic heterocycles. The molecule has 3 heteroatoms. The van der Waals surface area contributed by atoms with Crippen LogP contribution >= 0.6 is 0 Å². The van der Waals surface area contributed by atoms with Gasteiger partial charge in [-0.1, -0.05) is 6.42 Å². The molecule has 1 unspecified atom stereocenters. The van der Waals surface area contributed by atoms with Gasteiger partial charge in [0.15, 0.2) is 0 Å². The third-order valence-electron chi connectivity index (χ3n) is 5.10. The Morgan fingerprint density at radius 2 is 1.82 bits per heavy atom. The van der Waals surface area contributed by atoms with E-state index in [-0.39, 0.29) is 0 Å². The van der Waals surface area contributed by atoms with E-state index in [1.54, 1.807) is 0 Å². The highest BCUT2D eigenvalue weighted by Crippen LogP contribution is 2.45. The van der Waals surface area contributed by atoms with Crippen LogP contribution in [-0.4, -0.2) is 55.1 Å². The Bertz CT molecular complexity index is 256. The van der Waals surface area contributed by atoms with Crippen LogP contribution < -0.4 is 5.73 Å². The highest BCUT2D eigenvalue weighted by Gasteiger charge is 2.43. The lowest BCUT2D eigenvalue weighted by molar-refractivity contribution is 0.157. The smallest absolute Gasteiger partial charge is 0.0235 e. The number of piperidine rings is 1. The topological polar surface area (TPSA) is 32.5 Å². The van der Waals surface area contributed by atoms with E-state index < -0.39 is 0 Å². The molecule has 98 valence electrons. The van der Waals surface area contributed by atoms with Gasteiger partial charge >= 0.3 is 0 Å². The molecule has 0 radical (unpaired) electrons. The van der Waals surface area contributed by atoms with Crippen LogP contribution in [0.3, 0.4) is 0 Å². The van der Waals surface area contributed by atoms with Crippen LogP contribution in [0.4, 0.5) is 0 Å². The summed E-state index contributed by atoms with van der Waals surface area (Å²) in [6.45, 7) is 7.48. The molecule has 1 atom stereocenters. The molecule has 0 bridgehead atoms. The van der Waals surface area contributed by atoms with Gasteiger partial charge in [0.2, 0.25) is 0 Å². The summed E-state index contributed by atoms with van der Waals surface area (Å²) in [5.74, 6) is 0. The van der Waals surface area contributed by atoms with Crippen LogP contribution in [-0.2, 0) is 0 Å². The summed E-state index contributed by atoms with van der Waals surface area (Å²) in [4.78, 5) is 5.42. The van der Waals surface area contributed by atoms with Gasteiger partial charge in [0.25, 0.3) is 0 Å². The molecule has 3 rings (SSSR count). The van der Waals surface area contributed by atoms with Gasteiger partial charge in [-0.2, -0.15) is 0 Å². The maximum absolute atomic E-state index is 5.89. The highest BCUT2D eigenvalue weighted by molar-refractivity contribution is 4.98. The van der Waals surface area contributed by atoms with Crippen molar-refractivity contribution in [3.05, 3.63) is 0 Å². The van der Waals surface area contributed by atoms with E-state index >= 15 is 0 Å². The summed E-state index contributed by atoms with van der Waals surface area (Å²) in [7, 11) is 0. The van der Waals surface area contributed by atoms with Crippen LogP contribution in [0.25, 0.3) is 0 Å². The highest BCUT2D eigenvalue weighted by atomic mass is 15.3. The van der Waals surface area contributed by atoms with E-state index in [9.17, 15) is 0 Å². The molecule has 3 aliphatic rings. The number of rotatable bonds is 4. The second-order valence-corrected chi connectivity index (χ2v) is 6.48. The maximum Gasteiger partial charge on any atom is 0.0235 e. The Labute approximate surface area is 105 Å². The standard InChI is InChI=1S/C14H27N3/c15-11-14(5-6-14)12-16-9-4-13(10-16)17-7-2-1-3-8-17/h13H,1-12,15H2. The zero-order valence-corrected chi connectivity index (χ0v) is 11.0. The van der Waals surface area contributed by atoms with E-state index in [2.05, 4.69) is 9.80 Å². The summed E-state index contributed by atoms with van der Waals surface area (Å²) in [5, 5.41) is 0. The van der Waals surface area contributed by atoms with Crippen molar-refractivity contribution < 1.29 is 0 Å². The zero-order chi connectivity index (χ0) is 11.7. The van der Waals surface area contributed by atoms with Crippen LogP contribution in [0.1, 0.15) is 38.5 Å². The molecule has 3 fully saturated rings. The number of hydrogen-bond donors (Lipinski definition) is 1. The fraction of sp³-hybridized carbons (Fsp3) is 1.00. The quantitative estimate of drug-likeness (QED) is 0.799. The van der Waals surface area contributed by atoms with E-state index in [0.29, 0.717) is 5.41 Å². The van der Waals surface area contributed by atoms with Crippen molar-refractivity contribution >= 4 is 0 Å². The molecule has 0 aromatic heterocycles. The Balaban J connectivity index is 1.48. The number of nitrogens with zero attached hydrogens (tertiary/aromatic N) is 2. The van der Waals surface area contributed by atoms with Crippen molar-refractivity contribution in [2.24, 2.45) is 11.1 Å². The Morgan fingerprint density at radius 3 is 2.47 bits per heavy atom. The average molecular weight is 237 g/mol. The normalized spacial score (nSPS) is 34.1. The van der Waals surface area contributed by atoms with E-state index in [4.69, 9.17) is 5.73 Å². The van der Waals surface area contributed by atoms with Crippen molar-refractivity contribution in [1.82, 2.24) is 9.80 Å². The molecular formula is C14H27N3. The van der Waals surface area contributed by atoms with Gasteiger partial charge in [-0.3, -0.25) is 4.90 Å². The first-order valence-corrected chi connectivity index (χ1v) is 7.48. The second-order valence-electron chi connectivity index (χ2n) is 6.48. The minimum atomic E-state index is 0.525. The van der Waals surface area contributed by atoms with E-state index in [1.165, 1.54) is 71.2 Å². The molecule has 1 saturated carbocycles. The molecule has 1 aliphatic carbocycles. The van der Waals surface area contributed by atoms with Gasteiger partial charge < -0.3 is 10.6 Å². The molecule has 0 aromatic carbocycles. The Hall–Kier alpha value is -0.120. The largest absolute Gasteiger partial charge is 0.330 e. The Kier molecular flexibility index (Phi) is 3.42. The fourth-order valence-electron chi connectivity index (χ4n) is 3.62. The van der Waals surface area contributed by atoms with Crippen molar-refractivity contribution in [1.29, 1.82) is 0 Å². The monoisotopic (exact) mass is 237 g/mol.